The van der Waals surface area contributed by atoms with Crippen LogP contribution in [0.3, 0.4) is 0 Å². The van der Waals surface area contributed by atoms with Gasteiger partial charge < -0.3 is 4.74 Å². The second-order valence-electron chi connectivity index (χ2n) is 4.88. The SMILES string of the molecule is CCC1CCC(C)(Oc2ccccc2)C1. The number of ether oxygens (including phenoxy) is 1. The van der Waals surface area contributed by atoms with Gasteiger partial charge in [-0.3, -0.25) is 0 Å². The van der Waals surface area contributed by atoms with E-state index in [1.54, 1.807) is 0 Å². The topological polar surface area (TPSA) is 9.23 Å². The summed E-state index contributed by atoms with van der Waals surface area (Å²) >= 11 is 0. The molecule has 2 rings (SSSR count). The van der Waals surface area contributed by atoms with Crippen molar-refractivity contribution >= 4 is 0 Å². The van der Waals surface area contributed by atoms with E-state index in [4.69, 9.17) is 4.74 Å². The highest BCUT2D eigenvalue weighted by Crippen LogP contribution is 2.39. The van der Waals surface area contributed by atoms with Crippen LogP contribution in [0.1, 0.15) is 39.5 Å². The van der Waals surface area contributed by atoms with Gasteiger partial charge in [0.05, 0.1) is 0 Å². The molecular weight excluding hydrogens is 184 g/mol. The standard InChI is InChI=1S/C14H20O/c1-3-12-9-10-14(2,11-12)15-13-7-5-4-6-8-13/h4-8,12H,3,9-11H2,1-2H3. The van der Waals surface area contributed by atoms with Crippen molar-refractivity contribution in [2.75, 3.05) is 0 Å². The van der Waals surface area contributed by atoms with Gasteiger partial charge in [0.25, 0.3) is 0 Å². The van der Waals surface area contributed by atoms with E-state index in [-0.39, 0.29) is 5.60 Å². The number of benzene rings is 1. The molecule has 0 aromatic heterocycles. The van der Waals surface area contributed by atoms with Gasteiger partial charge >= 0.3 is 0 Å². The number of para-hydroxylation sites is 1. The summed E-state index contributed by atoms with van der Waals surface area (Å²) in [5, 5.41) is 0. The Balaban J connectivity index is 2.00. The first kappa shape index (κ1) is 10.5. The second kappa shape index (κ2) is 4.26. The third-order valence-electron chi connectivity index (χ3n) is 3.49. The van der Waals surface area contributed by atoms with E-state index >= 15 is 0 Å². The third-order valence-corrected chi connectivity index (χ3v) is 3.49. The Morgan fingerprint density at radius 1 is 1.33 bits per heavy atom. The molecule has 0 aliphatic heterocycles. The average Bonchev–Trinajstić information content (AvgIpc) is 2.61. The van der Waals surface area contributed by atoms with E-state index in [1.165, 1.54) is 25.7 Å². The van der Waals surface area contributed by atoms with E-state index in [0.29, 0.717) is 0 Å². The maximum absolute atomic E-state index is 6.09. The van der Waals surface area contributed by atoms with E-state index in [1.807, 2.05) is 30.3 Å². The van der Waals surface area contributed by atoms with Crippen LogP contribution >= 0.6 is 0 Å². The van der Waals surface area contributed by atoms with E-state index in [2.05, 4.69) is 13.8 Å². The third kappa shape index (κ3) is 2.53. The van der Waals surface area contributed by atoms with Crippen molar-refractivity contribution < 1.29 is 4.74 Å². The molecule has 0 saturated heterocycles. The van der Waals surface area contributed by atoms with Gasteiger partial charge in [0.2, 0.25) is 0 Å². The van der Waals surface area contributed by atoms with Crippen molar-refractivity contribution in [2.24, 2.45) is 5.92 Å². The fraction of sp³-hybridized carbons (Fsp3) is 0.571. The summed E-state index contributed by atoms with van der Waals surface area (Å²) in [5.41, 5.74) is 0.0715. The van der Waals surface area contributed by atoms with Crippen molar-refractivity contribution in [3.05, 3.63) is 30.3 Å². The minimum atomic E-state index is 0.0715. The molecule has 2 unspecified atom stereocenters. The highest BCUT2D eigenvalue weighted by molar-refractivity contribution is 5.22. The summed E-state index contributed by atoms with van der Waals surface area (Å²) in [5.74, 6) is 1.87. The van der Waals surface area contributed by atoms with Gasteiger partial charge in [0.1, 0.15) is 11.4 Å². The van der Waals surface area contributed by atoms with Crippen LogP contribution in [0.15, 0.2) is 30.3 Å². The summed E-state index contributed by atoms with van der Waals surface area (Å²) in [4.78, 5) is 0. The fourth-order valence-electron chi connectivity index (χ4n) is 2.54. The van der Waals surface area contributed by atoms with Crippen molar-refractivity contribution in [3.63, 3.8) is 0 Å². The predicted molar refractivity (Wildman–Crippen MR) is 63.1 cm³/mol. The molecule has 1 nitrogen and oxygen atoms in total. The molecule has 0 spiro atoms. The maximum atomic E-state index is 6.09. The van der Waals surface area contributed by atoms with Crippen LogP contribution in [0.25, 0.3) is 0 Å². The molecule has 1 fully saturated rings. The molecule has 2 atom stereocenters. The highest BCUT2D eigenvalue weighted by Gasteiger charge is 2.36. The van der Waals surface area contributed by atoms with Crippen LogP contribution < -0.4 is 4.74 Å². The minimum Gasteiger partial charge on any atom is -0.488 e. The highest BCUT2D eigenvalue weighted by atomic mass is 16.5. The van der Waals surface area contributed by atoms with Crippen LogP contribution in [0.4, 0.5) is 0 Å². The number of hydrogen-bond donors (Lipinski definition) is 0. The Morgan fingerprint density at radius 2 is 2.07 bits per heavy atom. The molecule has 1 aliphatic rings. The molecule has 0 heterocycles. The summed E-state index contributed by atoms with van der Waals surface area (Å²) in [6.45, 7) is 4.52. The second-order valence-corrected chi connectivity index (χ2v) is 4.88. The zero-order valence-electron chi connectivity index (χ0n) is 9.70. The Morgan fingerprint density at radius 3 is 2.67 bits per heavy atom. The lowest BCUT2D eigenvalue weighted by Gasteiger charge is -2.26. The minimum absolute atomic E-state index is 0.0715. The predicted octanol–water partition coefficient (Wildman–Crippen LogP) is 4.03. The van der Waals surface area contributed by atoms with Crippen LogP contribution in [-0.4, -0.2) is 5.60 Å². The van der Waals surface area contributed by atoms with Gasteiger partial charge in [-0.25, -0.2) is 0 Å². The molecular formula is C14H20O. The summed E-state index contributed by atoms with van der Waals surface area (Å²) in [6.07, 6.45) is 5.01. The lowest BCUT2D eigenvalue weighted by Crippen LogP contribution is -2.28. The first-order valence-corrected chi connectivity index (χ1v) is 5.96. The van der Waals surface area contributed by atoms with Crippen LogP contribution in [0, 0.1) is 5.92 Å². The smallest absolute Gasteiger partial charge is 0.120 e. The molecule has 1 aromatic carbocycles. The van der Waals surface area contributed by atoms with Gasteiger partial charge in [0, 0.05) is 0 Å². The van der Waals surface area contributed by atoms with Crippen molar-refractivity contribution in [1.29, 1.82) is 0 Å². The Kier molecular flexibility index (Phi) is 2.99. The van der Waals surface area contributed by atoms with Gasteiger partial charge in [-0.2, -0.15) is 0 Å². The molecule has 1 aliphatic carbocycles. The molecule has 0 radical (unpaired) electrons. The molecule has 1 saturated carbocycles. The zero-order chi connectivity index (χ0) is 10.7. The molecule has 0 bridgehead atoms. The summed E-state index contributed by atoms with van der Waals surface area (Å²) in [6, 6.07) is 10.2. The van der Waals surface area contributed by atoms with Gasteiger partial charge in [0.15, 0.2) is 0 Å². The Labute approximate surface area is 92.5 Å². The van der Waals surface area contributed by atoms with Crippen LogP contribution in [0.5, 0.6) is 5.75 Å². The van der Waals surface area contributed by atoms with Crippen molar-refractivity contribution in [3.8, 4) is 5.75 Å². The normalized spacial score (nSPS) is 30.4. The number of rotatable bonds is 3. The van der Waals surface area contributed by atoms with Crippen LogP contribution in [0.2, 0.25) is 0 Å². The molecule has 0 N–H and O–H groups in total. The van der Waals surface area contributed by atoms with Crippen LogP contribution in [-0.2, 0) is 0 Å². The Bertz CT molecular complexity index is 306. The zero-order valence-corrected chi connectivity index (χ0v) is 9.70. The van der Waals surface area contributed by atoms with E-state index < -0.39 is 0 Å². The largest absolute Gasteiger partial charge is 0.488 e. The number of hydrogen-bond acceptors (Lipinski definition) is 1. The molecule has 15 heavy (non-hydrogen) atoms. The summed E-state index contributed by atoms with van der Waals surface area (Å²) in [7, 11) is 0. The fourth-order valence-corrected chi connectivity index (χ4v) is 2.54. The lowest BCUT2D eigenvalue weighted by atomic mass is 10.0. The first-order chi connectivity index (χ1) is 7.22. The monoisotopic (exact) mass is 204 g/mol. The van der Waals surface area contributed by atoms with Gasteiger partial charge in [-0.05, 0) is 44.2 Å². The molecule has 82 valence electrons. The average molecular weight is 204 g/mol. The molecule has 0 amide bonds. The van der Waals surface area contributed by atoms with Gasteiger partial charge in [-0.1, -0.05) is 31.5 Å². The van der Waals surface area contributed by atoms with Crippen molar-refractivity contribution in [2.45, 2.75) is 45.1 Å². The van der Waals surface area contributed by atoms with Crippen molar-refractivity contribution in [1.82, 2.24) is 0 Å². The first-order valence-electron chi connectivity index (χ1n) is 5.96. The molecule has 1 aromatic rings. The quantitative estimate of drug-likeness (QED) is 0.722. The lowest BCUT2D eigenvalue weighted by molar-refractivity contribution is 0.0917. The Hall–Kier alpha value is -0.980. The summed E-state index contributed by atoms with van der Waals surface area (Å²) < 4.78 is 6.09. The van der Waals surface area contributed by atoms with E-state index in [9.17, 15) is 0 Å². The maximum Gasteiger partial charge on any atom is 0.120 e. The molecule has 1 heteroatoms. The van der Waals surface area contributed by atoms with Gasteiger partial charge in [-0.15, -0.1) is 0 Å². The van der Waals surface area contributed by atoms with E-state index in [0.717, 1.165) is 11.7 Å².